The molecule has 0 saturated heterocycles. The van der Waals surface area contributed by atoms with Crippen molar-refractivity contribution < 1.29 is 0 Å². The van der Waals surface area contributed by atoms with Crippen LogP contribution in [-0.4, -0.2) is 33.1 Å². The van der Waals surface area contributed by atoms with Crippen molar-refractivity contribution in [1.82, 2.24) is 24.8 Å². The molecular formula is C15H19N5. The molecule has 0 radical (unpaired) electrons. The highest BCUT2D eigenvalue weighted by atomic mass is 15.1. The molecule has 1 aromatic carbocycles. The van der Waals surface area contributed by atoms with Crippen LogP contribution in [0.2, 0.25) is 0 Å². The fraction of sp³-hybridized carbons (Fsp3) is 0.333. The van der Waals surface area contributed by atoms with Crippen LogP contribution in [0.5, 0.6) is 0 Å². The number of imidazole rings is 2. The number of nitrogens with one attached hydrogen (secondary N) is 2. The smallest absolute Gasteiger partial charge is 0.110 e. The van der Waals surface area contributed by atoms with E-state index >= 15 is 0 Å². The summed E-state index contributed by atoms with van der Waals surface area (Å²) >= 11 is 0. The van der Waals surface area contributed by atoms with E-state index in [9.17, 15) is 0 Å². The fourth-order valence-electron chi connectivity index (χ4n) is 2.45. The van der Waals surface area contributed by atoms with Gasteiger partial charge in [0.2, 0.25) is 0 Å². The van der Waals surface area contributed by atoms with Crippen LogP contribution in [0, 0.1) is 6.92 Å². The SMILES string of the molecule is CNCCc1nc(-c2ccc3nc[nH]c3c2)c(C)n1C. The molecule has 0 aliphatic rings. The van der Waals surface area contributed by atoms with E-state index in [0.29, 0.717) is 0 Å². The van der Waals surface area contributed by atoms with Crippen molar-refractivity contribution >= 4 is 11.0 Å². The molecule has 0 bridgehead atoms. The second-order valence-electron chi connectivity index (χ2n) is 5.01. The minimum atomic E-state index is 0.931. The first-order valence-electron chi connectivity index (χ1n) is 6.81. The molecule has 2 aromatic heterocycles. The lowest BCUT2D eigenvalue weighted by Crippen LogP contribution is -2.13. The number of aromatic nitrogens is 4. The standard InChI is InChI=1S/C15H19N5/c1-10-15(19-14(20(10)3)6-7-16-2)11-4-5-12-13(8-11)18-9-17-12/h4-5,8-9,16H,6-7H2,1-3H3,(H,17,18). The van der Waals surface area contributed by atoms with E-state index in [-0.39, 0.29) is 0 Å². The van der Waals surface area contributed by atoms with Gasteiger partial charge in [0.25, 0.3) is 0 Å². The Balaban J connectivity index is 2.04. The first kappa shape index (κ1) is 12.9. The Bertz CT molecular complexity index is 738. The molecule has 2 N–H and O–H groups in total. The first-order chi connectivity index (χ1) is 9.70. The zero-order valence-electron chi connectivity index (χ0n) is 12.1. The molecule has 0 amide bonds. The van der Waals surface area contributed by atoms with Crippen molar-refractivity contribution in [2.45, 2.75) is 13.3 Å². The summed E-state index contributed by atoms with van der Waals surface area (Å²) in [4.78, 5) is 12.2. The van der Waals surface area contributed by atoms with E-state index in [2.05, 4.69) is 46.0 Å². The zero-order chi connectivity index (χ0) is 14.1. The van der Waals surface area contributed by atoms with Gasteiger partial charge in [0.05, 0.1) is 23.1 Å². The van der Waals surface area contributed by atoms with E-state index in [1.165, 1.54) is 5.69 Å². The lowest BCUT2D eigenvalue weighted by atomic mass is 10.1. The number of hydrogen-bond acceptors (Lipinski definition) is 3. The van der Waals surface area contributed by atoms with E-state index in [4.69, 9.17) is 4.98 Å². The van der Waals surface area contributed by atoms with Gasteiger partial charge in [-0.2, -0.15) is 0 Å². The van der Waals surface area contributed by atoms with Crippen molar-refractivity contribution in [3.63, 3.8) is 0 Å². The van der Waals surface area contributed by atoms with Gasteiger partial charge in [-0.25, -0.2) is 9.97 Å². The van der Waals surface area contributed by atoms with Crippen LogP contribution in [0.25, 0.3) is 22.3 Å². The van der Waals surface area contributed by atoms with Crippen molar-refractivity contribution in [3.8, 4) is 11.3 Å². The third-order valence-corrected chi connectivity index (χ3v) is 3.77. The fourth-order valence-corrected chi connectivity index (χ4v) is 2.45. The summed E-state index contributed by atoms with van der Waals surface area (Å²) in [5.74, 6) is 1.11. The molecule has 0 fully saturated rings. The summed E-state index contributed by atoms with van der Waals surface area (Å²) in [7, 11) is 4.04. The lowest BCUT2D eigenvalue weighted by molar-refractivity contribution is 0.710. The van der Waals surface area contributed by atoms with Crippen molar-refractivity contribution in [2.24, 2.45) is 7.05 Å². The highest BCUT2D eigenvalue weighted by Crippen LogP contribution is 2.25. The van der Waals surface area contributed by atoms with E-state index < -0.39 is 0 Å². The quantitative estimate of drug-likeness (QED) is 0.762. The van der Waals surface area contributed by atoms with Gasteiger partial charge in [-0.05, 0) is 26.1 Å². The number of fused-ring (bicyclic) bond motifs is 1. The predicted molar refractivity (Wildman–Crippen MR) is 80.7 cm³/mol. The molecule has 0 atom stereocenters. The number of likely N-dealkylation sites (N-methyl/N-ethyl adjacent to an activating group) is 1. The topological polar surface area (TPSA) is 58.5 Å². The van der Waals surface area contributed by atoms with E-state index in [1.54, 1.807) is 6.33 Å². The maximum absolute atomic E-state index is 4.80. The van der Waals surface area contributed by atoms with Gasteiger partial charge in [-0.3, -0.25) is 0 Å². The maximum atomic E-state index is 4.80. The Morgan fingerprint density at radius 3 is 3.00 bits per heavy atom. The monoisotopic (exact) mass is 269 g/mol. The van der Waals surface area contributed by atoms with Crippen LogP contribution in [0.3, 0.4) is 0 Å². The predicted octanol–water partition coefficient (Wildman–Crippen LogP) is 2.03. The number of hydrogen-bond donors (Lipinski definition) is 2. The van der Waals surface area contributed by atoms with Crippen LogP contribution in [-0.2, 0) is 13.5 Å². The molecular weight excluding hydrogens is 250 g/mol. The average molecular weight is 269 g/mol. The Hall–Kier alpha value is -2.14. The molecule has 5 nitrogen and oxygen atoms in total. The van der Waals surface area contributed by atoms with Gasteiger partial charge in [0.15, 0.2) is 0 Å². The van der Waals surface area contributed by atoms with Crippen LogP contribution >= 0.6 is 0 Å². The number of benzene rings is 1. The molecule has 3 rings (SSSR count). The van der Waals surface area contributed by atoms with Crippen LogP contribution in [0.4, 0.5) is 0 Å². The second kappa shape index (κ2) is 5.09. The Morgan fingerprint density at radius 2 is 2.20 bits per heavy atom. The normalized spacial score (nSPS) is 11.3. The number of rotatable bonds is 4. The molecule has 2 heterocycles. The third-order valence-electron chi connectivity index (χ3n) is 3.77. The molecule has 5 heteroatoms. The lowest BCUT2D eigenvalue weighted by Gasteiger charge is -2.02. The first-order valence-corrected chi connectivity index (χ1v) is 6.81. The van der Waals surface area contributed by atoms with Crippen LogP contribution < -0.4 is 5.32 Å². The maximum Gasteiger partial charge on any atom is 0.110 e. The van der Waals surface area contributed by atoms with Crippen LogP contribution in [0.15, 0.2) is 24.5 Å². The number of H-pyrrole nitrogens is 1. The second-order valence-corrected chi connectivity index (χ2v) is 5.01. The van der Waals surface area contributed by atoms with Gasteiger partial charge in [-0.15, -0.1) is 0 Å². The summed E-state index contributed by atoms with van der Waals surface area (Å²) in [5.41, 5.74) is 5.40. The van der Waals surface area contributed by atoms with Crippen LogP contribution in [0.1, 0.15) is 11.5 Å². The summed E-state index contributed by atoms with van der Waals surface area (Å²) in [6.45, 7) is 3.05. The number of nitrogens with zero attached hydrogens (tertiary/aromatic N) is 3. The zero-order valence-corrected chi connectivity index (χ0v) is 12.1. The Labute approximate surface area is 118 Å². The largest absolute Gasteiger partial charge is 0.345 e. The van der Waals surface area contributed by atoms with E-state index in [0.717, 1.165) is 41.1 Å². The molecule has 0 spiro atoms. The van der Waals surface area contributed by atoms with Gasteiger partial charge in [-0.1, -0.05) is 6.07 Å². The Kier molecular flexibility index (Phi) is 3.28. The molecule has 0 saturated carbocycles. The molecule has 20 heavy (non-hydrogen) atoms. The minimum absolute atomic E-state index is 0.931. The highest BCUT2D eigenvalue weighted by Gasteiger charge is 2.13. The molecule has 0 aliphatic carbocycles. The van der Waals surface area contributed by atoms with E-state index in [1.807, 2.05) is 13.1 Å². The van der Waals surface area contributed by atoms with Gasteiger partial charge in [0, 0.05) is 31.3 Å². The minimum Gasteiger partial charge on any atom is -0.345 e. The summed E-state index contributed by atoms with van der Waals surface area (Å²) < 4.78 is 2.17. The van der Waals surface area contributed by atoms with Crippen molar-refractivity contribution in [1.29, 1.82) is 0 Å². The third kappa shape index (κ3) is 2.10. The molecule has 3 aromatic rings. The Morgan fingerprint density at radius 1 is 1.35 bits per heavy atom. The van der Waals surface area contributed by atoms with Crippen molar-refractivity contribution in [2.75, 3.05) is 13.6 Å². The number of aromatic amines is 1. The van der Waals surface area contributed by atoms with Crippen molar-refractivity contribution in [3.05, 3.63) is 36.0 Å². The van der Waals surface area contributed by atoms with Gasteiger partial charge >= 0.3 is 0 Å². The summed E-state index contributed by atoms with van der Waals surface area (Å²) in [6.07, 6.45) is 2.65. The van der Waals surface area contributed by atoms with Gasteiger partial charge in [0.1, 0.15) is 5.82 Å². The summed E-state index contributed by atoms with van der Waals surface area (Å²) in [6, 6.07) is 6.22. The molecule has 0 aliphatic heterocycles. The van der Waals surface area contributed by atoms with Gasteiger partial charge < -0.3 is 14.9 Å². The highest BCUT2D eigenvalue weighted by molar-refractivity contribution is 5.81. The molecule has 0 unspecified atom stereocenters. The average Bonchev–Trinajstić information content (AvgIpc) is 3.03. The molecule has 104 valence electrons. The summed E-state index contributed by atoms with van der Waals surface area (Å²) in [5, 5.41) is 3.17.